The van der Waals surface area contributed by atoms with E-state index in [2.05, 4.69) is 4.98 Å². The Labute approximate surface area is 124 Å². The molecule has 0 saturated carbocycles. The first-order valence-electron chi connectivity index (χ1n) is 7.59. The first-order chi connectivity index (χ1) is 10.3. The van der Waals surface area contributed by atoms with E-state index in [1.807, 2.05) is 29.3 Å². The van der Waals surface area contributed by atoms with E-state index in [9.17, 15) is 4.79 Å². The van der Waals surface area contributed by atoms with Gasteiger partial charge in [-0.15, -0.1) is 0 Å². The average Bonchev–Trinajstić information content (AvgIpc) is 3.08. The topological polar surface area (TPSA) is 46.3 Å². The van der Waals surface area contributed by atoms with Crippen LogP contribution in [0.4, 0.5) is 0 Å². The highest BCUT2D eigenvalue weighted by atomic mass is 16.3. The van der Waals surface area contributed by atoms with Gasteiger partial charge in [0, 0.05) is 24.5 Å². The maximum Gasteiger partial charge on any atom is 0.289 e. The van der Waals surface area contributed by atoms with Crippen LogP contribution in [0.25, 0.3) is 0 Å². The van der Waals surface area contributed by atoms with Crippen molar-refractivity contribution in [3.63, 3.8) is 0 Å². The lowest BCUT2D eigenvalue weighted by Crippen LogP contribution is -2.43. The van der Waals surface area contributed by atoms with Gasteiger partial charge in [0.1, 0.15) is 0 Å². The van der Waals surface area contributed by atoms with Crippen molar-refractivity contribution < 1.29 is 9.21 Å². The number of aromatic nitrogens is 1. The van der Waals surface area contributed by atoms with Crippen LogP contribution < -0.4 is 0 Å². The van der Waals surface area contributed by atoms with Crippen LogP contribution in [-0.4, -0.2) is 28.4 Å². The molecule has 4 nitrogen and oxygen atoms in total. The molecule has 1 atom stereocenters. The molecule has 0 spiro atoms. The number of carbonyl (C=O) groups is 1. The summed E-state index contributed by atoms with van der Waals surface area (Å²) in [7, 11) is 0. The summed E-state index contributed by atoms with van der Waals surface area (Å²) in [6.07, 6.45) is 8.58. The second-order valence-corrected chi connectivity index (χ2v) is 5.49. The number of amides is 1. The minimum atomic E-state index is 0.0192. The number of furan rings is 1. The van der Waals surface area contributed by atoms with Gasteiger partial charge in [-0.05, 0) is 56.4 Å². The Morgan fingerprint density at radius 1 is 1.29 bits per heavy atom. The van der Waals surface area contributed by atoms with Gasteiger partial charge in [-0.25, -0.2) is 0 Å². The molecule has 0 N–H and O–H groups in total. The van der Waals surface area contributed by atoms with E-state index >= 15 is 0 Å². The van der Waals surface area contributed by atoms with Gasteiger partial charge in [-0.2, -0.15) is 0 Å². The minimum Gasteiger partial charge on any atom is -0.459 e. The average molecular weight is 284 g/mol. The molecule has 110 valence electrons. The lowest BCUT2D eigenvalue weighted by atomic mass is 9.96. The summed E-state index contributed by atoms with van der Waals surface area (Å²) in [6.45, 7) is 0.826. The maximum absolute atomic E-state index is 12.5. The molecule has 1 saturated heterocycles. The Kier molecular flexibility index (Phi) is 4.34. The number of nitrogens with zero attached hydrogens (tertiary/aromatic N) is 2. The van der Waals surface area contributed by atoms with Crippen molar-refractivity contribution in [2.45, 2.75) is 38.1 Å². The fourth-order valence-corrected chi connectivity index (χ4v) is 2.97. The maximum atomic E-state index is 12.5. The second kappa shape index (κ2) is 6.57. The lowest BCUT2D eigenvalue weighted by molar-refractivity contribution is 0.0569. The van der Waals surface area contributed by atoms with E-state index in [-0.39, 0.29) is 5.91 Å². The number of piperidine rings is 1. The minimum absolute atomic E-state index is 0.0192. The van der Waals surface area contributed by atoms with Crippen molar-refractivity contribution in [3.05, 3.63) is 54.2 Å². The predicted octanol–water partition coefficient (Wildman–Crippen LogP) is 3.30. The van der Waals surface area contributed by atoms with Gasteiger partial charge in [0.2, 0.25) is 0 Å². The molecule has 3 rings (SSSR count). The molecule has 0 bridgehead atoms. The third-order valence-electron chi connectivity index (χ3n) is 4.08. The summed E-state index contributed by atoms with van der Waals surface area (Å²) in [5.41, 5.74) is 1.09. The van der Waals surface area contributed by atoms with Crippen LogP contribution in [-0.2, 0) is 6.42 Å². The molecule has 1 amide bonds. The van der Waals surface area contributed by atoms with Gasteiger partial charge in [0.05, 0.1) is 6.26 Å². The largest absolute Gasteiger partial charge is 0.459 e. The van der Waals surface area contributed by atoms with E-state index in [4.69, 9.17) is 4.42 Å². The molecular formula is C17H20N2O2. The Bertz CT molecular complexity index is 566. The standard InChI is InChI=1S/C17H20N2O2/c20-17(16-8-5-13-21-16)19-12-4-2-7-15(19)10-9-14-6-1-3-11-18-14/h1,3,5-6,8,11,13,15H,2,4,7,9-10,12H2. The normalized spacial score (nSPS) is 18.7. The first-order valence-corrected chi connectivity index (χ1v) is 7.59. The van der Waals surface area contributed by atoms with Crippen LogP contribution in [0, 0.1) is 0 Å². The summed E-state index contributed by atoms with van der Waals surface area (Å²) in [5, 5.41) is 0. The summed E-state index contributed by atoms with van der Waals surface area (Å²) in [5.74, 6) is 0.463. The number of pyridine rings is 1. The van der Waals surface area contributed by atoms with Gasteiger partial charge in [-0.3, -0.25) is 9.78 Å². The molecule has 1 fully saturated rings. The molecule has 0 aromatic carbocycles. The highest BCUT2D eigenvalue weighted by molar-refractivity contribution is 5.91. The first kappa shape index (κ1) is 13.9. The SMILES string of the molecule is O=C(c1ccco1)N1CCCCC1CCc1ccccn1. The second-order valence-electron chi connectivity index (χ2n) is 5.49. The molecule has 2 aromatic rings. The van der Waals surface area contributed by atoms with E-state index < -0.39 is 0 Å². The van der Waals surface area contributed by atoms with Gasteiger partial charge in [0.25, 0.3) is 5.91 Å². The lowest BCUT2D eigenvalue weighted by Gasteiger charge is -2.35. The molecule has 21 heavy (non-hydrogen) atoms. The van der Waals surface area contributed by atoms with Crippen LogP contribution in [0.2, 0.25) is 0 Å². The molecular weight excluding hydrogens is 264 g/mol. The third kappa shape index (κ3) is 3.32. The quantitative estimate of drug-likeness (QED) is 0.865. The third-order valence-corrected chi connectivity index (χ3v) is 4.08. The van der Waals surface area contributed by atoms with Crippen molar-refractivity contribution >= 4 is 5.91 Å². The van der Waals surface area contributed by atoms with Gasteiger partial charge < -0.3 is 9.32 Å². The molecule has 3 heterocycles. The van der Waals surface area contributed by atoms with Crippen molar-refractivity contribution in [1.82, 2.24) is 9.88 Å². The number of likely N-dealkylation sites (tertiary alicyclic amines) is 1. The number of hydrogen-bond donors (Lipinski definition) is 0. The summed E-state index contributed by atoms with van der Waals surface area (Å²) in [4.78, 5) is 18.8. The molecule has 1 unspecified atom stereocenters. The van der Waals surface area contributed by atoms with Crippen LogP contribution >= 0.6 is 0 Å². The molecule has 4 heteroatoms. The van der Waals surface area contributed by atoms with E-state index in [1.165, 1.54) is 6.42 Å². The molecule has 1 aliphatic heterocycles. The zero-order valence-electron chi connectivity index (χ0n) is 12.1. The van der Waals surface area contributed by atoms with Crippen molar-refractivity contribution in [2.75, 3.05) is 6.54 Å². The zero-order valence-corrected chi connectivity index (χ0v) is 12.1. The number of rotatable bonds is 4. The van der Waals surface area contributed by atoms with Crippen molar-refractivity contribution in [2.24, 2.45) is 0 Å². The Morgan fingerprint density at radius 3 is 3.00 bits per heavy atom. The summed E-state index contributed by atoms with van der Waals surface area (Å²) < 4.78 is 5.26. The Morgan fingerprint density at radius 2 is 2.24 bits per heavy atom. The highest BCUT2D eigenvalue weighted by Crippen LogP contribution is 2.23. The van der Waals surface area contributed by atoms with E-state index in [0.29, 0.717) is 11.8 Å². The molecule has 0 aliphatic carbocycles. The van der Waals surface area contributed by atoms with Crippen LogP contribution in [0.15, 0.2) is 47.2 Å². The Balaban J connectivity index is 1.65. The number of hydrogen-bond acceptors (Lipinski definition) is 3. The molecule has 1 aliphatic rings. The predicted molar refractivity (Wildman–Crippen MR) is 79.9 cm³/mol. The fourth-order valence-electron chi connectivity index (χ4n) is 2.97. The van der Waals surface area contributed by atoms with E-state index in [0.717, 1.165) is 37.9 Å². The van der Waals surface area contributed by atoms with E-state index in [1.54, 1.807) is 18.4 Å². The van der Waals surface area contributed by atoms with Crippen molar-refractivity contribution in [1.29, 1.82) is 0 Å². The number of aryl methyl sites for hydroxylation is 1. The smallest absolute Gasteiger partial charge is 0.289 e. The van der Waals surface area contributed by atoms with Crippen LogP contribution in [0.5, 0.6) is 0 Å². The fraction of sp³-hybridized carbons (Fsp3) is 0.412. The summed E-state index contributed by atoms with van der Waals surface area (Å²) in [6, 6.07) is 9.78. The Hall–Kier alpha value is -2.10. The zero-order chi connectivity index (χ0) is 14.5. The van der Waals surface area contributed by atoms with Crippen LogP contribution in [0.1, 0.15) is 41.9 Å². The summed E-state index contributed by atoms with van der Waals surface area (Å²) >= 11 is 0. The van der Waals surface area contributed by atoms with Gasteiger partial charge >= 0.3 is 0 Å². The molecule has 0 radical (unpaired) electrons. The number of carbonyl (C=O) groups excluding carboxylic acids is 1. The van der Waals surface area contributed by atoms with Crippen LogP contribution in [0.3, 0.4) is 0 Å². The van der Waals surface area contributed by atoms with Gasteiger partial charge in [-0.1, -0.05) is 6.07 Å². The van der Waals surface area contributed by atoms with Gasteiger partial charge in [0.15, 0.2) is 5.76 Å². The molecule has 2 aromatic heterocycles. The van der Waals surface area contributed by atoms with Crippen molar-refractivity contribution in [3.8, 4) is 0 Å². The highest BCUT2D eigenvalue weighted by Gasteiger charge is 2.28. The monoisotopic (exact) mass is 284 g/mol.